The Labute approximate surface area is 99.4 Å². The van der Waals surface area contributed by atoms with E-state index in [1.165, 1.54) is 0 Å². The topological polar surface area (TPSA) is 37.3 Å². The van der Waals surface area contributed by atoms with E-state index in [0.717, 1.165) is 21.5 Å². The highest BCUT2D eigenvalue weighted by Crippen LogP contribution is 2.28. The van der Waals surface area contributed by atoms with Gasteiger partial charge < -0.3 is 4.89 Å². The molecule has 2 nitrogen and oxygen atoms in total. The summed E-state index contributed by atoms with van der Waals surface area (Å²) in [6, 6.07) is 17.5. The van der Waals surface area contributed by atoms with Crippen LogP contribution in [0, 0.1) is 0 Å². The first kappa shape index (κ1) is 10.5. The number of fused-ring (bicyclic) bond motifs is 2. The van der Waals surface area contributed by atoms with Gasteiger partial charge in [-0.25, -0.2) is 0 Å². The molecular formula is C14H11O2P. The Morgan fingerprint density at radius 3 is 1.76 bits per heavy atom. The number of rotatable bonds is 1. The third kappa shape index (κ3) is 1.66. The van der Waals surface area contributed by atoms with Crippen LogP contribution in [0.3, 0.4) is 0 Å². The average molecular weight is 242 g/mol. The molecule has 3 aromatic rings. The van der Waals surface area contributed by atoms with Crippen LogP contribution in [-0.4, -0.2) is 4.89 Å². The molecule has 0 amide bonds. The van der Waals surface area contributed by atoms with Crippen molar-refractivity contribution in [2.45, 2.75) is 0 Å². The van der Waals surface area contributed by atoms with Crippen LogP contribution in [-0.2, 0) is 4.57 Å². The average Bonchev–Trinajstić information content (AvgIpc) is 2.35. The Hall–Kier alpha value is -1.63. The van der Waals surface area contributed by atoms with Crippen LogP contribution < -0.4 is 5.30 Å². The maximum absolute atomic E-state index is 11.6. The van der Waals surface area contributed by atoms with E-state index in [1.807, 2.05) is 48.5 Å². The summed E-state index contributed by atoms with van der Waals surface area (Å²) in [5.41, 5.74) is 0. The molecule has 0 saturated carbocycles. The van der Waals surface area contributed by atoms with Crippen molar-refractivity contribution >= 4 is 34.9 Å². The fourth-order valence-corrected chi connectivity index (χ4v) is 3.16. The lowest BCUT2D eigenvalue weighted by Crippen LogP contribution is -2.00. The van der Waals surface area contributed by atoms with Crippen LogP contribution in [0.5, 0.6) is 0 Å². The molecule has 1 N–H and O–H groups in total. The van der Waals surface area contributed by atoms with Crippen molar-refractivity contribution in [3.05, 3.63) is 54.6 Å². The molecule has 0 aromatic heterocycles. The molecular weight excluding hydrogens is 231 g/mol. The highest BCUT2D eigenvalue weighted by atomic mass is 31.1. The first-order valence-electron chi connectivity index (χ1n) is 5.41. The lowest BCUT2D eigenvalue weighted by Gasteiger charge is -2.08. The third-order valence-corrected chi connectivity index (χ3v) is 3.95. The Kier molecular flexibility index (Phi) is 2.47. The summed E-state index contributed by atoms with van der Waals surface area (Å²) in [4.78, 5) is 9.57. The van der Waals surface area contributed by atoms with Gasteiger partial charge in [0.2, 0.25) is 8.03 Å². The van der Waals surface area contributed by atoms with E-state index < -0.39 is 8.03 Å². The van der Waals surface area contributed by atoms with Gasteiger partial charge in [-0.3, -0.25) is 4.57 Å². The fourth-order valence-electron chi connectivity index (χ4n) is 2.24. The minimum Gasteiger partial charge on any atom is -0.343 e. The van der Waals surface area contributed by atoms with Crippen molar-refractivity contribution in [1.82, 2.24) is 0 Å². The van der Waals surface area contributed by atoms with Crippen LogP contribution in [0.2, 0.25) is 0 Å². The van der Waals surface area contributed by atoms with E-state index in [-0.39, 0.29) is 0 Å². The van der Waals surface area contributed by atoms with Crippen molar-refractivity contribution in [3.8, 4) is 0 Å². The summed E-state index contributed by atoms with van der Waals surface area (Å²) in [6.45, 7) is 0. The number of hydrogen-bond acceptors (Lipinski definition) is 1. The summed E-state index contributed by atoms with van der Waals surface area (Å²) in [6.07, 6.45) is 0. The third-order valence-electron chi connectivity index (χ3n) is 2.99. The Morgan fingerprint density at radius 1 is 0.824 bits per heavy atom. The minimum atomic E-state index is -2.71. The van der Waals surface area contributed by atoms with E-state index in [4.69, 9.17) is 0 Å². The molecule has 3 heteroatoms. The molecule has 0 spiro atoms. The predicted octanol–water partition coefficient (Wildman–Crippen LogP) is 3.09. The van der Waals surface area contributed by atoms with Crippen LogP contribution in [0.25, 0.3) is 21.5 Å². The van der Waals surface area contributed by atoms with Gasteiger partial charge in [0.15, 0.2) is 0 Å². The Morgan fingerprint density at radius 2 is 1.29 bits per heavy atom. The first-order valence-corrected chi connectivity index (χ1v) is 6.77. The standard InChI is InChI=1S/C14H11O2P/c15-17(16)14-12-7-3-1-5-10(12)9-11-6-2-4-8-13(11)14/h1-9,17H,(H,15,16). The SMILES string of the molecule is O=[PH](O)c1c2ccccc2cc2ccccc12. The van der Waals surface area contributed by atoms with Crippen molar-refractivity contribution in [2.75, 3.05) is 0 Å². The van der Waals surface area contributed by atoms with Gasteiger partial charge in [-0.2, -0.15) is 0 Å². The normalized spacial score (nSPS) is 13.0. The molecule has 0 saturated heterocycles. The molecule has 0 bridgehead atoms. The number of benzene rings is 3. The summed E-state index contributed by atoms with van der Waals surface area (Å²) >= 11 is 0. The largest absolute Gasteiger partial charge is 0.343 e. The van der Waals surface area contributed by atoms with E-state index >= 15 is 0 Å². The van der Waals surface area contributed by atoms with E-state index in [9.17, 15) is 9.46 Å². The molecule has 0 fully saturated rings. The molecule has 0 radical (unpaired) electrons. The van der Waals surface area contributed by atoms with Crippen molar-refractivity contribution in [3.63, 3.8) is 0 Å². The monoisotopic (exact) mass is 242 g/mol. The summed E-state index contributed by atoms with van der Waals surface area (Å²) in [5, 5.41) is 4.33. The zero-order valence-electron chi connectivity index (χ0n) is 9.05. The maximum atomic E-state index is 11.6. The van der Waals surface area contributed by atoms with Gasteiger partial charge in [0, 0.05) is 5.30 Å². The zero-order valence-corrected chi connectivity index (χ0v) is 10.1. The van der Waals surface area contributed by atoms with Gasteiger partial charge >= 0.3 is 0 Å². The second kappa shape index (κ2) is 3.99. The summed E-state index contributed by atoms with van der Waals surface area (Å²) in [7, 11) is -2.71. The molecule has 0 aliphatic heterocycles. The van der Waals surface area contributed by atoms with Gasteiger partial charge in [0.05, 0.1) is 0 Å². The molecule has 0 aliphatic rings. The first-order chi connectivity index (χ1) is 8.27. The Balaban J connectivity index is 2.61. The summed E-state index contributed by atoms with van der Waals surface area (Å²) < 4.78 is 11.6. The highest BCUT2D eigenvalue weighted by Gasteiger charge is 2.10. The van der Waals surface area contributed by atoms with Gasteiger partial charge in [-0.15, -0.1) is 0 Å². The second-order valence-electron chi connectivity index (χ2n) is 4.00. The lowest BCUT2D eigenvalue weighted by molar-refractivity contribution is 0.514. The predicted molar refractivity (Wildman–Crippen MR) is 72.3 cm³/mol. The van der Waals surface area contributed by atoms with Crippen LogP contribution >= 0.6 is 8.03 Å². The summed E-state index contributed by atoms with van der Waals surface area (Å²) in [5.74, 6) is 0. The quantitative estimate of drug-likeness (QED) is 0.526. The van der Waals surface area contributed by atoms with Crippen LogP contribution in [0.15, 0.2) is 54.6 Å². The molecule has 0 aliphatic carbocycles. The molecule has 0 heterocycles. The van der Waals surface area contributed by atoms with Gasteiger partial charge in [0.1, 0.15) is 0 Å². The zero-order chi connectivity index (χ0) is 11.8. The molecule has 17 heavy (non-hydrogen) atoms. The van der Waals surface area contributed by atoms with Gasteiger partial charge in [-0.1, -0.05) is 48.5 Å². The highest BCUT2D eigenvalue weighted by molar-refractivity contribution is 7.48. The van der Waals surface area contributed by atoms with E-state index in [0.29, 0.717) is 5.30 Å². The smallest absolute Gasteiger partial charge is 0.219 e. The van der Waals surface area contributed by atoms with Gasteiger partial charge in [-0.05, 0) is 27.6 Å². The minimum absolute atomic E-state index is 0.573. The van der Waals surface area contributed by atoms with Crippen molar-refractivity contribution in [1.29, 1.82) is 0 Å². The maximum Gasteiger partial charge on any atom is 0.219 e. The molecule has 1 atom stereocenters. The van der Waals surface area contributed by atoms with Crippen molar-refractivity contribution in [2.24, 2.45) is 0 Å². The van der Waals surface area contributed by atoms with Crippen LogP contribution in [0.1, 0.15) is 0 Å². The molecule has 3 aromatic carbocycles. The van der Waals surface area contributed by atoms with Crippen LogP contribution in [0.4, 0.5) is 0 Å². The lowest BCUT2D eigenvalue weighted by atomic mass is 10.0. The second-order valence-corrected chi connectivity index (χ2v) is 5.11. The van der Waals surface area contributed by atoms with Gasteiger partial charge in [0.25, 0.3) is 0 Å². The number of hydrogen-bond donors (Lipinski definition) is 1. The molecule has 1 unspecified atom stereocenters. The van der Waals surface area contributed by atoms with Crippen molar-refractivity contribution < 1.29 is 9.46 Å². The Bertz CT molecular complexity index is 680. The molecule has 3 rings (SSSR count). The fraction of sp³-hybridized carbons (Fsp3) is 0. The molecule has 84 valence electrons. The van der Waals surface area contributed by atoms with E-state index in [2.05, 4.69) is 6.07 Å². The van der Waals surface area contributed by atoms with E-state index in [1.54, 1.807) is 0 Å².